The summed E-state index contributed by atoms with van der Waals surface area (Å²) in [7, 11) is 3.25. The van der Waals surface area contributed by atoms with Crippen LogP contribution >= 0.6 is 0 Å². The van der Waals surface area contributed by atoms with Crippen LogP contribution in [0.1, 0.15) is 26.2 Å². The highest BCUT2D eigenvalue weighted by atomic mass is 16.5. The van der Waals surface area contributed by atoms with E-state index in [2.05, 4.69) is 15.6 Å². The molecule has 2 N–H and O–H groups in total. The number of carbonyl (C=O) groups excluding carboxylic acids is 2. The van der Waals surface area contributed by atoms with Crippen LogP contribution in [-0.2, 0) is 4.79 Å². The van der Waals surface area contributed by atoms with Gasteiger partial charge in [0, 0.05) is 54.5 Å². The first-order valence-electron chi connectivity index (χ1n) is 11.5. The molecule has 0 bridgehead atoms. The van der Waals surface area contributed by atoms with Crippen LogP contribution in [0.2, 0.25) is 0 Å². The van der Waals surface area contributed by atoms with Gasteiger partial charge >= 0.3 is 6.03 Å². The van der Waals surface area contributed by atoms with Crippen molar-refractivity contribution in [2.75, 3.05) is 32.6 Å². The minimum Gasteiger partial charge on any atom is -0.497 e. The molecule has 0 aliphatic carbocycles. The van der Waals surface area contributed by atoms with Crippen molar-refractivity contribution >= 4 is 28.5 Å². The molecule has 1 aliphatic rings. The standard InChI is InChI=1S/C26H30N4O4/c1-4-25(31)30-9-7-20(8-10-30)28-26(32)29-21-6-5-17-11-19(16-27-24(17)14-21)18-12-22(33-2)15-23(13-18)34-3/h5-6,11-16,20H,4,7-10H2,1-3H3,(H2,28,29,32). The van der Waals surface area contributed by atoms with Gasteiger partial charge in [-0.15, -0.1) is 0 Å². The zero-order valence-electron chi connectivity index (χ0n) is 19.8. The molecular weight excluding hydrogens is 432 g/mol. The number of carbonyl (C=O) groups is 2. The van der Waals surface area contributed by atoms with E-state index in [-0.39, 0.29) is 18.0 Å². The molecule has 1 fully saturated rings. The summed E-state index contributed by atoms with van der Waals surface area (Å²) in [5, 5.41) is 6.87. The number of piperidine rings is 1. The van der Waals surface area contributed by atoms with E-state index in [1.807, 2.05) is 54.3 Å². The Morgan fingerprint density at radius 2 is 1.71 bits per heavy atom. The van der Waals surface area contributed by atoms with E-state index in [0.717, 1.165) is 34.9 Å². The van der Waals surface area contributed by atoms with Gasteiger partial charge < -0.3 is 25.0 Å². The van der Waals surface area contributed by atoms with Gasteiger partial charge in [0.1, 0.15) is 11.5 Å². The first-order valence-corrected chi connectivity index (χ1v) is 11.5. The molecule has 8 heteroatoms. The van der Waals surface area contributed by atoms with E-state index < -0.39 is 0 Å². The van der Waals surface area contributed by atoms with Crippen molar-refractivity contribution < 1.29 is 19.1 Å². The molecule has 0 saturated carbocycles. The van der Waals surface area contributed by atoms with Crippen molar-refractivity contribution in [2.45, 2.75) is 32.2 Å². The molecular formula is C26H30N4O4. The van der Waals surface area contributed by atoms with Crippen LogP contribution in [0.25, 0.3) is 22.0 Å². The number of hydrogen-bond donors (Lipinski definition) is 2. The maximum absolute atomic E-state index is 12.5. The second-order valence-corrected chi connectivity index (χ2v) is 8.34. The highest BCUT2D eigenvalue weighted by Gasteiger charge is 2.23. The lowest BCUT2D eigenvalue weighted by atomic mass is 10.0. The number of amides is 3. The predicted octanol–water partition coefficient (Wildman–Crippen LogP) is 4.44. The summed E-state index contributed by atoms with van der Waals surface area (Å²) in [5.74, 6) is 1.59. The van der Waals surface area contributed by atoms with Crippen LogP contribution < -0.4 is 20.1 Å². The molecule has 1 aromatic heterocycles. The fraction of sp³-hybridized carbons (Fsp3) is 0.346. The molecule has 0 radical (unpaired) electrons. The smallest absolute Gasteiger partial charge is 0.319 e. The van der Waals surface area contributed by atoms with Gasteiger partial charge in [0.2, 0.25) is 5.91 Å². The third kappa shape index (κ3) is 5.39. The monoisotopic (exact) mass is 462 g/mol. The van der Waals surface area contributed by atoms with E-state index >= 15 is 0 Å². The van der Waals surface area contributed by atoms with Crippen molar-refractivity contribution in [3.63, 3.8) is 0 Å². The number of rotatable bonds is 6. The number of anilines is 1. The van der Waals surface area contributed by atoms with E-state index in [0.29, 0.717) is 36.7 Å². The topological polar surface area (TPSA) is 92.8 Å². The number of nitrogens with zero attached hydrogens (tertiary/aromatic N) is 2. The third-order valence-electron chi connectivity index (χ3n) is 6.11. The van der Waals surface area contributed by atoms with Crippen molar-refractivity contribution in [3.8, 4) is 22.6 Å². The Hall–Kier alpha value is -3.81. The van der Waals surface area contributed by atoms with Crippen molar-refractivity contribution in [2.24, 2.45) is 0 Å². The number of hydrogen-bond acceptors (Lipinski definition) is 5. The molecule has 1 aliphatic heterocycles. The Bertz CT molecular complexity index is 1170. The number of benzene rings is 2. The molecule has 2 aromatic carbocycles. The molecule has 178 valence electrons. The van der Waals surface area contributed by atoms with E-state index in [1.54, 1.807) is 20.4 Å². The van der Waals surface area contributed by atoms with Gasteiger partial charge in [0.15, 0.2) is 0 Å². The Morgan fingerprint density at radius 3 is 2.35 bits per heavy atom. The van der Waals surface area contributed by atoms with Crippen LogP contribution in [0.15, 0.2) is 48.7 Å². The van der Waals surface area contributed by atoms with Gasteiger partial charge in [0.05, 0.1) is 19.7 Å². The lowest BCUT2D eigenvalue weighted by Gasteiger charge is -2.32. The van der Waals surface area contributed by atoms with Gasteiger partial charge in [0.25, 0.3) is 0 Å². The fourth-order valence-electron chi connectivity index (χ4n) is 4.18. The summed E-state index contributed by atoms with van der Waals surface area (Å²) in [6, 6.07) is 13.2. The minimum atomic E-state index is -0.250. The molecule has 2 heterocycles. The second-order valence-electron chi connectivity index (χ2n) is 8.34. The average Bonchev–Trinajstić information content (AvgIpc) is 2.87. The number of aromatic nitrogens is 1. The fourth-order valence-corrected chi connectivity index (χ4v) is 4.18. The molecule has 3 aromatic rings. The highest BCUT2D eigenvalue weighted by molar-refractivity contribution is 5.93. The summed E-state index contributed by atoms with van der Waals surface area (Å²) >= 11 is 0. The number of pyridine rings is 1. The average molecular weight is 463 g/mol. The summed E-state index contributed by atoms with van der Waals surface area (Å²) in [5.41, 5.74) is 3.34. The first kappa shape index (κ1) is 23.4. The number of likely N-dealkylation sites (tertiary alicyclic amines) is 1. The van der Waals surface area contributed by atoms with Crippen molar-refractivity contribution in [1.82, 2.24) is 15.2 Å². The van der Waals surface area contributed by atoms with Crippen LogP contribution in [0.4, 0.5) is 10.5 Å². The quantitative estimate of drug-likeness (QED) is 0.565. The molecule has 1 saturated heterocycles. The largest absolute Gasteiger partial charge is 0.497 e. The minimum absolute atomic E-state index is 0.0573. The Balaban J connectivity index is 1.41. The van der Waals surface area contributed by atoms with Gasteiger partial charge in [-0.2, -0.15) is 0 Å². The van der Waals surface area contributed by atoms with E-state index in [9.17, 15) is 9.59 Å². The first-order chi connectivity index (χ1) is 16.5. The number of nitrogens with one attached hydrogen (secondary N) is 2. The maximum atomic E-state index is 12.5. The lowest BCUT2D eigenvalue weighted by Crippen LogP contribution is -2.47. The van der Waals surface area contributed by atoms with Crippen molar-refractivity contribution in [3.05, 3.63) is 48.7 Å². The molecule has 0 atom stereocenters. The number of fused-ring (bicyclic) bond motifs is 1. The van der Waals surface area contributed by atoms with Crippen molar-refractivity contribution in [1.29, 1.82) is 0 Å². The molecule has 0 unspecified atom stereocenters. The number of methoxy groups -OCH3 is 2. The van der Waals surface area contributed by atoms with Crippen LogP contribution in [-0.4, -0.2) is 55.2 Å². The predicted molar refractivity (Wildman–Crippen MR) is 132 cm³/mol. The Morgan fingerprint density at radius 1 is 1.00 bits per heavy atom. The van der Waals surface area contributed by atoms with Gasteiger partial charge in [-0.25, -0.2) is 4.79 Å². The normalized spacial score (nSPS) is 14.0. The number of ether oxygens (including phenoxy) is 2. The van der Waals surface area contributed by atoms with Crippen LogP contribution in [0.3, 0.4) is 0 Å². The second kappa shape index (κ2) is 10.4. The lowest BCUT2D eigenvalue weighted by molar-refractivity contribution is -0.131. The summed E-state index contributed by atoms with van der Waals surface area (Å²) in [4.78, 5) is 30.8. The molecule has 8 nitrogen and oxygen atoms in total. The number of urea groups is 1. The van der Waals surface area contributed by atoms with Gasteiger partial charge in [-0.3, -0.25) is 9.78 Å². The molecule has 34 heavy (non-hydrogen) atoms. The van der Waals surface area contributed by atoms with Gasteiger partial charge in [-0.05, 0) is 48.7 Å². The van der Waals surface area contributed by atoms with Crippen LogP contribution in [0.5, 0.6) is 11.5 Å². The summed E-state index contributed by atoms with van der Waals surface area (Å²) < 4.78 is 10.7. The zero-order chi connectivity index (χ0) is 24.1. The Kier molecular flexibility index (Phi) is 7.15. The molecule has 0 spiro atoms. The maximum Gasteiger partial charge on any atom is 0.319 e. The molecule has 3 amide bonds. The highest BCUT2D eigenvalue weighted by Crippen LogP contribution is 2.31. The molecule has 4 rings (SSSR count). The zero-order valence-corrected chi connectivity index (χ0v) is 19.8. The van der Waals surface area contributed by atoms with E-state index in [1.165, 1.54) is 0 Å². The van der Waals surface area contributed by atoms with E-state index in [4.69, 9.17) is 9.47 Å². The third-order valence-corrected chi connectivity index (χ3v) is 6.11. The Labute approximate surface area is 199 Å². The summed E-state index contributed by atoms with van der Waals surface area (Å²) in [6.07, 6.45) is 3.84. The van der Waals surface area contributed by atoms with Gasteiger partial charge in [-0.1, -0.05) is 13.0 Å². The summed E-state index contributed by atoms with van der Waals surface area (Å²) in [6.45, 7) is 3.23. The SMILES string of the molecule is CCC(=O)N1CCC(NC(=O)Nc2ccc3cc(-c4cc(OC)cc(OC)c4)cnc3c2)CC1. The van der Waals surface area contributed by atoms with Crippen LogP contribution in [0, 0.1) is 0 Å².